The van der Waals surface area contributed by atoms with Crippen LogP contribution in [0.4, 0.5) is 0 Å². The Morgan fingerprint density at radius 3 is 2.67 bits per heavy atom. The lowest BCUT2D eigenvalue weighted by Gasteiger charge is -2.38. The first-order chi connectivity index (χ1) is 7.13. The van der Waals surface area contributed by atoms with Gasteiger partial charge in [-0.2, -0.15) is 0 Å². The van der Waals surface area contributed by atoms with Crippen molar-refractivity contribution in [3.05, 3.63) is 0 Å². The Morgan fingerprint density at radius 1 is 1.33 bits per heavy atom. The van der Waals surface area contributed by atoms with E-state index >= 15 is 0 Å². The number of nitrogens with zero attached hydrogens (tertiary/aromatic N) is 1. The Morgan fingerprint density at radius 2 is 2.07 bits per heavy atom. The summed E-state index contributed by atoms with van der Waals surface area (Å²) < 4.78 is 0. The first-order valence-electron chi connectivity index (χ1n) is 6.63. The quantitative estimate of drug-likeness (QED) is 0.710. The molecule has 1 saturated heterocycles. The molecular weight excluding hydrogens is 184 g/mol. The van der Waals surface area contributed by atoms with E-state index in [1.54, 1.807) is 0 Å². The van der Waals surface area contributed by atoms with E-state index in [4.69, 9.17) is 5.73 Å². The van der Waals surface area contributed by atoms with E-state index in [-0.39, 0.29) is 0 Å². The molecule has 1 rings (SSSR count). The summed E-state index contributed by atoms with van der Waals surface area (Å²) in [6, 6.07) is 1.13. The molecule has 90 valence electrons. The standard InChI is InChI=1S/C13H28N2/c1-4-5-6-7-12(3)15-9-11(2)8-13(14)10-15/h11-13H,4-10,14H2,1-3H3. The van der Waals surface area contributed by atoms with Crippen molar-refractivity contribution in [2.75, 3.05) is 13.1 Å². The molecule has 0 spiro atoms. The van der Waals surface area contributed by atoms with Crippen LogP contribution in [0.5, 0.6) is 0 Å². The first-order valence-corrected chi connectivity index (χ1v) is 6.63. The van der Waals surface area contributed by atoms with Crippen molar-refractivity contribution in [3.63, 3.8) is 0 Å². The fourth-order valence-electron chi connectivity index (χ4n) is 2.67. The minimum absolute atomic E-state index is 0.405. The van der Waals surface area contributed by atoms with Crippen LogP contribution in [-0.2, 0) is 0 Å². The van der Waals surface area contributed by atoms with Crippen molar-refractivity contribution < 1.29 is 0 Å². The molecule has 2 nitrogen and oxygen atoms in total. The minimum atomic E-state index is 0.405. The number of unbranched alkanes of at least 4 members (excludes halogenated alkanes) is 2. The summed E-state index contributed by atoms with van der Waals surface area (Å²) in [5, 5.41) is 0. The highest BCUT2D eigenvalue weighted by atomic mass is 15.2. The number of hydrogen-bond acceptors (Lipinski definition) is 2. The summed E-state index contributed by atoms with van der Waals surface area (Å²) in [4.78, 5) is 2.59. The zero-order valence-corrected chi connectivity index (χ0v) is 10.7. The van der Waals surface area contributed by atoms with Gasteiger partial charge >= 0.3 is 0 Å². The molecule has 0 saturated carbocycles. The molecule has 0 aromatic carbocycles. The lowest BCUT2D eigenvalue weighted by atomic mass is 9.94. The summed E-state index contributed by atoms with van der Waals surface area (Å²) in [5.41, 5.74) is 6.07. The van der Waals surface area contributed by atoms with Crippen LogP contribution in [0.2, 0.25) is 0 Å². The fraction of sp³-hybridized carbons (Fsp3) is 1.00. The highest BCUT2D eigenvalue weighted by Gasteiger charge is 2.24. The largest absolute Gasteiger partial charge is 0.327 e. The van der Waals surface area contributed by atoms with Crippen molar-refractivity contribution >= 4 is 0 Å². The van der Waals surface area contributed by atoms with Crippen molar-refractivity contribution in [2.24, 2.45) is 11.7 Å². The number of rotatable bonds is 5. The van der Waals surface area contributed by atoms with Crippen molar-refractivity contribution in [3.8, 4) is 0 Å². The van der Waals surface area contributed by atoms with E-state index in [0.717, 1.165) is 18.5 Å². The molecule has 0 amide bonds. The molecule has 0 aromatic rings. The van der Waals surface area contributed by atoms with Gasteiger partial charge in [0.1, 0.15) is 0 Å². The molecule has 0 bridgehead atoms. The Balaban J connectivity index is 2.28. The van der Waals surface area contributed by atoms with Crippen molar-refractivity contribution in [1.29, 1.82) is 0 Å². The summed E-state index contributed by atoms with van der Waals surface area (Å²) in [6.45, 7) is 9.31. The first kappa shape index (κ1) is 13.0. The third-order valence-corrected chi connectivity index (χ3v) is 3.57. The van der Waals surface area contributed by atoms with Gasteiger partial charge in [-0.3, -0.25) is 4.90 Å². The molecule has 1 fully saturated rings. The van der Waals surface area contributed by atoms with Crippen molar-refractivity contribution in [2.45, 2.75) is 65.0 Å². The predicted octanol–water partition coefficient (Wildman–Crippen LogP) is 2.62. The number of nitrogens with two attached hydrogens (primary N) is 1. The molecule has 0 aliphatic carbocycles. The summed E-state index contributed by atoms with van der Waals surface area (Å²) >= 11 is 0. The highest BCUT2D eigenvalue weighted by molar-refractivity contribution is 4.82. The Kier molecular flexibility index (Phi) is 5.62. The third-order valence-electron chi connectivity index (χ3n) is 3.57. The minimum Gasteiger partial charge on any atom is -0.327 e. The highest BCUT2D eigenvalue weighted by Crippen LogP contribution is 2.19. The van der Waals surface area contributed by atoms with Gasteiger partial charge in [-0.25, -0.2) is 0 Å². The molecule has 0 aromatic heterocycles. The van der Waals surface area contributed by atoms with Crippen LogP contribution in [0, 0.1) is 5.92 Å². The maximum Gasteiger partial charge on any atom is 0.0170 e. The zero-order chi connectivity index (χ0) is 11.3. The van der Waals surface area contributed by atoms with Gasteiger partial charge in [-0.05, 0) is 25.7 Å². The van der Waals surface area contributed by atoms with E-state index in [1.165, 1.54) is 38.6 Å². The molecule has 2 heteroatoms. The van der Waals surface area contributed by atoms with Crippen LogP contribution in [-0.4, -0.2) is 30.1 Å². The van der Waals surface area contributed by atoms with Crippen LogP contribution >= 0.6 is 0 Å². The van der Waals surface area contributed by atoms with Crippen LogP contribution in [0.25, 0.3) is 0 Å². The van der Waals surface area contributed by atoms with Crippen LogP contribution in [0.3, 0.4) is 0 Å². The molecule has 1 aliphatic heterocycles. The number of hydrogen-bond donors (Lipinski definition) is 1. The molecule has 0 radical (unpaired) electrons. The molecule has 2 N–H and O–H groups in total. The van der Waals surface area contributed by atoms with Gasteiger partial charge in [-0.15, -0.1) is 0 Å². The van der Waals surface area contributed by atoms with E-state index in [0.29, 0.717) is 6.04 Å². The van der Waals surface area contributed by atoms with Crippen molar-refractivity contribution in [1.82, 2.24) is 4.90 Å². The molecular formula is C13H28N2. The monoisotopic (exact) mass is 212 g/mol. The number of piperidine rings is 1. The average molecular weight is 212 g/mol. The van der Waals surface area contributed by atoms with Gasteiger partial charge in [-0.1, -0.05) is 33.1 Å². The van der Waals surface area contributed by atoms with Gasteiger partial charge in [0.2, 0.25) is 0 Å². The SMILES string of the molecule is CCCCCC(C)N1CC(C)CC(N)C1. The van der Waals surface area contributed by atoms with E-state index < -0.39 is 0 Å². The van der Waals surface area contributed by atoms with E-state index in [9.17, 15) is 0 Å². The second-order valence-corrected chi connectivity index (χ2v) is 5.40. The van der Waals surface area contributed by atoms with Gasteiger partial charge < -0.3 is 5.73 Å². The number of likely N-dealkylation sites (tertiary alicyclic amines) is 1. The average Bonchev–Trinajstić information content (AvgIpc) is 2.16. The van der Waals surface area contributed by atoms with Gasteiger partial charge in [0.15, 0.2) is 0 Å². The van der Waals surface area contributed by atoms with Crippen LogP contribution in [0.15, 0.2) is 0 Å². The second-order valence-electron chi connectivity index (χ2n) is 5.40. The van der Waals surface area contributed by atoms with Crippen LogP contribution < -0.4 is 5.73 Å². The normalized spacial score (nSPS) is 30.4. The lowest BCUT2D eigenvalue weighted by Crippen LogP contribution is -2.49. The molecule has 3 atom stereocenters. The lowest BCUT2D eigenvalue weighted by molar-refractivity contribution is 0.117. The molecule has 1 heterocycles. The predicted molar refractivity (Wildman–Crippen MR) is 66.9 cm³/mol. The summed E-state index contributed by atoms with van der Waals surface area (Å²) in [5.74, 6) is 0.780. The maximum absolute atomic E-state index is 6.07. The molecule has 15 heavy (non-hydrogen) atoms. The van der Waals surface area contributed by atoms with E-state index in [2.05, 4.69) is 25.7 Å². The maximum atomic E-state index is 6.07. The third kappa shape index (κ3) is 4.52. The smallest absolute Gasteiger partial charge is 0.0170 e. The Bertz CT molecular complexity index is 160. The topological polar surface area (TPSA) is 29.3 Å². The fourth-order valence-corrected chi connectivity index (χ4v) is 2.67. The molecule has 3 unspecified atom stereocenters. The van der Waals surface area contributed by atoms with Gasteiger partial charge in [0.05, 0.1) is 0 Å². The van der Waals surface area contributed by atoms with Gasteiger partial charge in [0, 0.05) is 25.2 Å². The Labute approximate surface area is 95.2 Å². The van der Waals surface area contributed by atoms with Crippen LogP contribution in [0.1, 0.15) is 52.9 Å². The van der Waals surface area contributed by atoms with E-state index in [1.807, 2.05) is 0 Å². The Hall–Kier alpha value is -0.0800. The van der Waals surface area contributed by atoms with Gasteiger partial charge in [0.25, 0.3) is 0 Å². The molecule has 1 aliphatic rings. The summed E-state index contributed by atoms with van der Waals surface area (Å²) in [7, 11) is 0. The second kappa shape index (κ2) is 6.49. The zero-order valence-electron chi connectivity index (χ0n) is 10.7. The summed E-state index contributed by atoms with van der Waals surface area (Å²) in [6.07, 6.45) is 6.62.